The molecule has 0 atom stereocenters. The molecule has 6 nitrogen and oxygen atoms in total. The van der Waals surface area contributed by atoms with E-state index >= 15 is 0 Å². The predicted molar refractivity (Wildman–Crippen MR) is 98.6 cm³/mol. The Morgan fingerprint density at radius 3 is 2.16 bits per heavy atom. The van der Waals surface area contributed by atoms with Crippen LogP contribution in [0.3, 0.4) is 0 Å². The zero-order valence-corrected chi connectivity index (χ0v) is 16.2. The summed E-state index contributed by atoms with van der Waals surface area (Å²) >= 11 is 0. The number of benzene rings is 1. The largest absolute Gasteiger partial charge is 0.352 e. The van der Waals surface area contributed by atoms with Crippen molar-refractivity contribution in [1.29, 1.82) is 0 Å². The standard InChI is InChI=1S/C18H29N3O3S/c1-4-16(5-2)18(22)19-14-15-6-8-17(9-7-15)25(23,24)21-12-10-20(3)11-13-21/h6-9,16H,4-5,10-14H2,1-3H3,(H,19,22). The fourth-order valence-corrected chi connectivity index (χ4v) is 4.37. The monoisotopic (exact) mass is 367 g/mol. The number of carbonyl (C=O) groups excluding carboxylic acids is 1. The number of piperazine rings is 1. The summed E-state index contributed by atoms with van der Waals surface area (Å²) in [5, 5.41) is 2.92. The Hall–Kier alpha value is -1.44. The number of amides is 1. The maximum atomic E-state index is 12.7. The molecule has 1 aliphatic heterocycles. The highest BCUT2D eigenvalue weighted by Crippen LogP contribution is 2.18. The maximum Gasteiger partial charge on any atom is 0.243 e. The first-order valence-corrected chi connectivity index (χ1v) is 10.4. The molecule has 1 heterocycles. The van der Waals surface area contributed by atoms with Gasteiger partial charge in [-0.05, 0) is 37.6 Å². The average molecular weight is 368 g/mol. The minimum absolute atomic E-state index is 0.0388. The molecule has 0 aromatic heterocycles. The van der Waals surface area contributed by atoms with E-state index in [0.717, 1.165) is 31.5 Å². The first-order chi connectivity index (χ1) is 11.9. The summed E-state index contributed by atoms with van der Waals surface area (Å²) < 4.78 is 26.9. The molecule has 0 radical (unpaired) electrons. The number of nitrogens with one attached hydrogen (secondary N) is 1. The van der Waals surface area contributed by atoms with Crippen molar-refractivity contribution in [3.8, 4) is 0 Å². The summed E-state index contributed by atoms with van der Waals surface area (Å²) in [6.07, 6.45) is 1.65. The van der Waals surface area contributed by atoms with E-state index in [2.05, 4.69) is 10.2 Å². The first-order valence-electron chi connectivity index (χ1n) is 8.93. The molecule has 2 rings (SSSR count). The number of likely N-dealkylation sites (N-methyl/N-ethyl adjacent to an activating group) is 1. The zero-order valence-electron chi connectivity index (χ0n) is 15.4. The third kappa shape index (κ3) is 5.03. The van der Waals surface area contributed by atoms with E-state index in [4.69, 9.17) is 0 Å². The number of sulfonamides is 1. The lowest BCUT2D eigenvalue weighted by Crippen LogP contribution is -2.47. The van der Waals surface area contributed by atoms with Crippen LogP contribution < -0.4 is 5.32 Å². The van der Waals surface area contributed by atoms with Crippen LogP contribution in [0.25, 0.3) is 0 Å². The van der Waals surface area contributed by atoms with E-state index in [-0.39, 0.29) is 11.8 Å². The SMILES string of the molecule is CCC(CC)C(=O)NCc1ccc(S(=O)(=O)N2CCN(C)CC2)cc1. The van der Waals surface area contributed by atoms with Gasteiger partial charge in [0.05, 0.1) is 4.90 Å². The Morgan fingerprint density at radius 2 is 1.64 bits per heavy atom. The van der Waals surface area contributed by atoms with E-state index in [1.807, 2.05) is 20.9 Å². The quantitative estimate of drug-likeness (QED) is 0.796. The Morgan fingerprint density at radius 1 is 1.08 bits per heavy atom. The van der Waals surface area contributed by atoms with Crippen molar-refractivity contribution in [1.82, 2.24) is 14.5 Å². The fourth-order valence-electron chi connectivity index (χ4n) is 2.95. The van der Waals surface area contributed by atoms with Crippen LogP contribution in [0.15, 0.2) is 29.2 Å². The van der Waals surface area contributed by atoms with Gasteiger partial charge >= 0.3 is 0 Å². The highest BCUT2D eigenvalue weighted by Gasteiger charge is 2.27. The Balaban J connectivity index is 1.98. The van der Waals surface area contributed by atoms with Crippen LogP contribution in [0.2, 0.25) is 0 Å². The number of carbonyl (C=O) groups is 1. The third-order valence-corrected chi connectivity index (χ3v) is 6.76. The van der Waals surface area contributed by atoms with Gasteiger partial charge in [-0.25, -0.2) is 8.42 Å². The van der Waals surface area contributed by atoms with Crippen LogP contribution in [-0.4, -0.2) is 56.8 Å². The summed E-state index contributed by atoms with van der Waals surface area (Å²) in [4.78, 5) is 14.5. The molecule has 0 saturated carbocycles. The van der Waals surface area contributed by atoms with Gasteiger partial charge in [-0.2, -0.15) is 4.31 Å². The molecule has 1 aliphatic rings. The van der Waals surface area contributed by atoms with Gasteiger partial charge in [0.25, 0.3) is 0 Å². The molecule has 1 N–H and O–H groups in total. The minimum Gasteiger partial charge on any atom is -0.352 e. The van der Waals surface area contributed by atoms with E-state index in [1.54, 1.807) is 24.3 Å². The molecule has 7 heteroatoms. The second-order valence-corrected chi connectivity index (χ2v) is 8.52. The van der Waals surface area contributed by atoms with Crippen molar-refractivity contribution in [2.24, 2.45) is 5.92 Å². The lowest BCUT2D eigenvalue weighted by Gasteiger charge is -2.31. The summed E-state index contributed by atoms with van der Waals surface area (Å²) in [5.41, 5.74) is 0.900. The van der Waals surface area contributed by atoms with Gasteiger partial charge in [0.1, 0.15) is 0 Å². The molecule has 0 aliphatic carbocycles. The smallest absolute Gasteiger partial charge is 0.243 e. The van der Waals surface area contributed by atoms with Gasteiger partial charge in [-0.15, -0.1) is 0 Å². The van der Waals surface area contributed by atoms with Crippen LogP contribution in [0.1, 0.15) is 32.3 Å². The molecule has 1 aromatic rings. The minimum atomic E-state index is -3.44. The summed E-state index contributed by atoms with van der Waals surface area (Å²) in [6.45, 7) is 6.97. The van der Waals surface area contributed by atoms with Crippen molar-refractivity contribution in [3.63, 3.8) is 0 Å². The van der Waals surface area contributed by atoms with Crippen molar-refractivity contribution in [2.75, 3.05) is 33.2 Å². The lowest BCUT2D eigenvalue weighted by atomic mass is 10.0. The molecular weight excluding hydrogens is 338 g/mol. The summed E-state index contributed by atoms with van der Waals surface area (Å²) in [6, 6.07) is 6.81. The Bertz CT molecular complexity index is 661. The third-order valence-electron chi connectivity index (χ3n) is 4.85. The van der Waals surface area contributed by atoms with E-state index in [9.17, 15) is 13.2 Å². The summed E-state index contributed by atoms with van der Waals surface area (Å²) in [7, 11) is -1.44. The van der Waals surface area contributed by atoms with E-state index in [0.29, 0.717) is 24.5 Å². The maximum absolute atomic E-state index is 12.7. The Labute approximate surface area is 151 Å². The molecule has 25 heavy (non-hydrogen) atoms. The van der Waals surface area contributed by atoms with Gasteiger partial charge in [-0.3, -0.25) is 4.79 Å². The van der Waals surface area contributed by atoms with Gasteiger partial charge in [-0.1, -0.05) is 26.0 Å². The van der Waals surface area contributed by atoms with Crippen LogP contribution in [0, 0.1) is 5.92 Å². The van der Waals surface area contributed by atoms with Crippen LogP contribution in [0.5, 0.6) is 0 Å². The van der Waals surface area contributed by atoms with Crippen molar-refractivity contribution >= 4 is 15.9 Å². The number of hydrogen-bond acceptors (Lipinski definition) is 4. The average Bonchev–Trinajstić information content (AvgIpc) is 2.61. The van der Waals surface area contributed by atoms with Crippen molar-refractivity contribution < 1.29 is 13.2 Å². The molecule has 1 aromatic carbocycles. The molecule has 1 saturated heterocycles. The predicted octanol–water partition coefficient (Wildman–Crippen LogP) is 1.68. The second-order valence-electron chi connectivity index (χ2n) is 6.58. The van der Waals surface area contributed by atoms with Crippen molar-refractivity contribution in [2.45, 2.75) is 38.1 Å². The highest BCUT2D eigenvalue weighted by atomic mass is 32.2. The molecule has 140 valence electrons. The van der Waals surface area contributed by atoms with Crippen LogP contribution in [-0.2, 0) is 21.4 Å². The van der Waals surface area contributed by atoms with Gasteiger partial charge in [0, 0.05) is 38.6 Å². The highest BCUT2D eigenvalue weighted by molar-refractivity contribution is 7.89. The molecule has 1 amide bonds. The number of hydrogen-bond donors (Lipinski definition) is 1. The van der Waals surface area contributed by atoms with Crippen LogP contribution in [0.4, 0.5) is 0 Å². The molecule has 0 bridgehead atoms. The topological polar surface area (TPSA) is 69.7 Å². The zero-order chi connectivity index (χ0) is 18.4. The first kappa shape index (κ1) is 19.9. The second kappa shape index (κ2) is 8.78. The fraction of sp³-hybridized carbons (Fsp3) is 0.611. The number of nitrogens with zero attached hydrogens (tertiary/aromatic N) is 2. The van der Waals surface area contributed by atoms with Crippen molar-refractivity contribution in [3.05, 3.63) is 29.8 Å². The molecule has 1 fully saturated rings. The van der Waals surface area contributed by atoms with Gasteiger partial charge in [0.15, 0.2) is 0 Å². The number of rotatable bonds is 7. The molecular formula is C18H29N3O3S. The molecule has 0 spiro atoms. The van der Waals surface area contributed by atoms with Gasteiger partial charge in [0.2, 0.25) is 15.9 Å². The van der Waals surface area contributed by atoms with E-state index in [1.165, 1.54) is 4.31 Å². The Kier molecular flexibility index (Phi) is 6.98. The lowest BCUT2D eigenvalue weighted by molar-refractivity contribution is -0.125. The molecule has 0 unspecified atom stereocenters. The van der Waals surface area contributed by atoms with E-state index < -0.39 is 10.0 Å². The van der Waals surface area contributed by atoms with Gasteiger partial charge < -0.3 is 10.2 Å². The normalized spacial score (nSPS) is 17.0. The van der Waals surface area contributed by atoms with Crippen LogP contribution >= 0.6 is 0 Å². The summed E-state index contributed by atoms with van der Waals surface area (Å²) in [5.74, 6) is 0.0935.